The average Bonchev–Trinajstić information content (AvgIpc) is 2.74. The molecule has 2 aliphatic rings. The van der Waals surface area contributed by atoms with Crippen molar-refractivity contribution in [2.45, 2.75) is 61.9 Å². The third-order valence-electron chi connectivity index (χ3n) is 6.02. The summed E-state index contributed by atoms with van der Waals surface area (Å²) in [6.07, 6.45) is 7.09. The van der Waals surface area contributed by atoms with Crippen LogP contribution >= 0.6 is 12.4 Å². The Hall–Kier alpha value is -1.67. The highest BCUT2D eigenvalue weighted by atomic mass is 35.5. The second-order valence-corrected chi connectivity index (χ2v) is 9.79. The number of rotatable bonds is 5. The van der Waals surface area contributed by atoms with Crippen molar-refractivity contribution in [1.29, 1.82) is 0 Å². The van der Waals surface area contributed by atoms with Crippen LogP contribution in [0.2, 0.25) is 0 Å². The fraction of sp³-hybridized carbons (Fsp3) is 0.500. The van der Waals surface area contributed by atoms with E-state index in [-0.39, 0.29) is 35.3 Å². The van der Waals surface area contributed by atoms with Crippen molar-refractivity contribution >= 4 is 39.1 Å². The topological polar surface area (TPSA) is 87.3 Å². The Labute approximate surface area is 184 Å². The van der Waals surface area contributed by atoms with Crippen molar-refractivity contribution in [2.75, 3.05) is 13.1 Å². The van der Waals surface area contributed by atoms with Gasteiger partial charge in [0.2, 0.25) is 10.0 Å². The molecule has 0 bridgehead atoms. The number of hydrogen-bond acceptors (Lipinski definition) is 4. The summed E-state index contributed by atoms with van der Waals surface area (Å²) in [7, 11) is -3.67. The van der Waals surface area contributed by atoms with Crippen molar-refractivity contribution in [2.24, 2.45) is 0 Å². The molecule has 1 aliphatic heterocycles. The molecule has 30 heavy (non-hydrogen) atoms. The van der Waals surface area contributed by atoms with Gasteiger partial charge < -0.3 is 10.6 Å². The highest BCUT2D eigenvalue weighted by Crippen LogP contribution is 2.27. The zero-order valence-electron chi connectivity index (χ0n) is 17.0. The Kier molecular flexibility index (Phi) is 7.74. The zero-order valence-corrected chi connectivity index (χ0v) is 18.7. The molecule has 164 valence electrons. The first kappa shape index (κ1) is 23.0. The smallest absolute Gasteiger partial charge is 0.252 e. The molecule has 1 amide bonds. The number of fused-ring (bicyclic) bond motifs is 1. The largest absolute Gasteiger partial charge is 0.349 e. The van der Waals surface area contributed by atoms with Gasteiger partial charge in [0.15, 0.2) is 0 Å². The summed E-state index contributed by atoms with van der Waals surface area (Å²) in [5.41, 5.74) is 0.534. The molecule has 3 N–H and O–H groups in total. The van der Waals surface area contributed by atoms with Crippen LogP contribution in [0.1, 0.15) is 55.3 Å². The van der Waals surface area contributed by atoms with Crippen LogP contribution in [0.3, 0.4) is 0 Å². The number of sulfonamides is 1. The molecule has 0 unspecified atom stereocenters. The zero-order chi connectivity index (χ0) is 20.3. The predicted molar refractivity (Wildman–Crippen MR) is 122 cm³/mol. The summed E-state index contributed by atoms with van der Waals surface area (Å²) in [5.74, 6) is -0.122. The molecule has 8 heteroatoms. The predicted octanol–water partition coefficient (Wildman–Crippen LogP) is 3.35. The van der Waals surface area contributed by atoms with E-state index >= 15 is 0 Å². The van der Waals surface area contributed by atoms with Gasteiger partial charge in [-0.3, -0.25) is 4.79 Å². The van der Waals surface area contributed by atoms with E-state index in [1.807, 2.05) is 18.2 Å². The Morgan fingerprint density at radius 1 is 0.867 bits per heavy atom. The van der Waals surface area contributed by atoms with Gasteiger partial charge in [-0.1, -0.05) is 43.5 Å². The molecule has 2 aromatic rings. The number of halogens is 1. The summed E-state index contributed by atoms with van der Waals surface area (Å²) >= 11 is 0. The van der Waals surface area contributed by atoms with Gasteiger partial charge in [-0.05, 0) is 56.3 Å². The Balaban J connectivity index is 0.00000256. The van der Waals surface area contributed by atoms with E-state index in [2.05, 4.69) is 15.4 Å². The third-order valence-corrected chi connectivity index (χ3v) is 7.60. The van der Waals surface area contributed by atoms with Gasteiger partial charge in [-0.15, -0.1) is 12.4 Å². The monoisotopic (exact) mass is 451 g/mol. The molecule has 1 aliphatic carbocycles. The normalized spacial score (nSPS) is 18.7. The van der Waals surface area contributed by atoms with E-state index in [4.69, 9.17) is 0 Å². The maximum absolute atomic E-state index is 13.1. The van der Waals surface area contributed by atoms with E-state index in [1.54, 1.807) is 18.2 Å². The molecule has 1 saturated carbocycles. The Bertz CT molecular complexity index is 984. The number of amides is 1. The van der Waals surface area contributed by atoms with Crippen LogP contribution in [0.5, 0.6) is 0 Å². The van der Waals surface area contributed by atoms with Gasteiger partial charge in [0.25, 0.3) is 5.91 Å². The fourth-order valence-electron chi connectivity index (χ4n) is 4.44. The van der Waals surface area contributed by atoms with Crippen LogP contribution in [0.15, 0.2) is 41.3 Å². The van der Waals surface area contributed by atoms with E-state index in [1.165, 1.54) is 6.42 Å². The SMILES string of the molecule is Cl.O=C(NC1CCCCC1)c1ccc(S(=O)(=O)NC2CCNCC2)c2ccccc12. The molecule has 1 saturated heterocycles. The molecular formula is C22H30ClN3O3S. The lowest BCUT2D eigenvalue weighted by Crippen LogP contribution is -2.42. The van der Waals surface area contributed by atoms with Crippen molar-refractivity contribution in [1.82, 2.24) is 15.4 Å². The van der Waals surface area contributed by atoms with Gasteiger partial charge >= 0.3 is 0 Å². The van der Waals surface area contributed by atoms with Gasteiger partial charge in [-0.2, -0.15) is 0 Å². The molecule has 0 aromatic heterocycles. The highest BCUT2D eigenvalue weighted by Gasteiger charge is 2.25. The molecule has 2 aromatic carbocycles. The quantitative estimate of drug-likeness (QED) is 0.650. The van der Waals surface area contributed by atoms with E-state index in [0.717, 1.165) is 51.6 Å². The lowest BCUT2D eigenvalue weighted by Gasteiger charge is -2.24. The van der Waals surface area contributed by atoms with Crippen LogP contribution in [0.4, 0.5) is 0 Å². The average molecular weight is 452 g/mol. The standard InChI is InChI=1S/C22H29N3O3S.ClH/c26-22(24-16-6-2-1-3-7-16)20-10-11-21(19-9-5-4-8-18(19)20)29(27,28)25-17-12-14-23-15-13-17;/h4-5,8-11,16-17,23,25H,1-3,6-7,12-15H2,(H,24,26);1H. The van der Waals surface area contributed by atoms with E-state index in [9.17, 15) is 13.2 Å². The lowest BCUT2D eigenvalue weighted by molar-refractivity contribution is 0.0929. The van der Waals surface area contributed by atoms with Crippen LogP contribution < -0.4 is 15.4 Å². The van der Waals surface area contributed by atoms with Crippen molar-refractivity contribution in [3.63, 3.8) is 0 Å². The van der Waals surface area contributed by atoms with E-state index in [0.29, 0.717) is 16.3 Å². The molecule has 6 nitrogen and oxygen atoms in total. The minimum Gasteiger partial charge on any atom is -0.349 e. The Morgan fingerprint density at radius 2 is 1.53 bits per heavy atom. The van der Waals surface area contributed by atoms with Gasteiger partial charge in [0.05, 0.1) is 4.90 Å². The highest BCUT2D eigenvalue weighted by molar-refractivity contribution is 7.89. The van der Waals surface area contributed by atoms with Crippen LogP contribution in [-0.2, 0) is 10.0 Å². The van der Waals surface area contributed by atoms with Gasteiger partial charge in [0, 0.05) is 23.0 Å². The summed E-state index contributed by atoms with van der Waals surface area (Å²) < 4.78 is 29.0. The summed E-state index contributed by atoms with van der Waals surface area (Å²) in [6, 6.07) is 10.6. The number of benzene rings is 2. The first-order valence-corrected chi connectivity index (χ1v) is 12.1. The van der Waals surface area contributed by atoms with Crippen molar-refractivity contribution in [3.8, 4) is 0 Å². The van der Waals surface area contributed by atoms with Crippen molar-refractivity contribution in [3.05, 3.63) is 42.0 Å². The number of nitrogens with one attached hydrogen (secondary N) is 3. The van der Waals surface area contributed by atoms with E-state index < -0.39 is 10.0 Å². The van der Waals surface area contributed by atoms with Crippen LogP contribution in [0.25, 0.3) is 10.8 Å². The maximum atomic E-state index is 13.1. The summed E-state index contributed by atoms with van der Waals surface area (Å²) in [6.45, 7) is 1.63. The second-order valence-electron chi connectivity index (χ2n) is 8.11. The fourth-order valence-corrected chi connectivity index (χ4v) is 5.95. The van der Waals surface area contributed by atoms with Gasteiger partial charge in [-0.25, -0.2) is 13.1 Å². The first-order chi connectivity index (χ1) is 14.0. The number of piperidine rings is 1. The minimum atomic E-state index is -3.67. The number of carbonyl (C=O) groups is 1. The second kappa shape index (κ2) is 10.1. The molecule has 2 fully saturated rings. The molecule has 1 heterocycles. The maximum Gasteiger partial charge on any atom is 0.252 e. The summed E-state index contributed by atoms with van der Waals surface area (Å²) in [4.78, 5) is 13.2. The number of carbonyl (C=O) groups excluding carboxylic acids is 1. The first-order valence-electron chi connectivity index (χ1n) is 10.6. The molecule has 4 rings (SSSR count). The minimum absolute atomic E-state index is 0. The van der Waals surface area contributed by atoms with Gasteiger partial charge in [0.1, 0.15) is 0 Å². The molecule has 0 atom stereocenters. The molecular weight excluding hydrogens is 422 g/mol. The molecule has 0 spiro atoms. The van der Waals surface area contributed by atoms with Crippen molar-refractivity contribution < 1.29 is 13.2 Å². The third kappa shape index (κ3) is 5.14. The van der Waals surface area contributed by atoms with Crippen LogP contribution in [0, 0.1) is 0 Å². The van der Waals surface area contributed by atoms with Crippen LogP contribution in [-0.4, -0.2) is 39.5 Å². The number of hydrogen-bond donors (Lipinski definition) is 3. The summed E-state index contributed by atoms with van der Waals surface area (Å²) in [5, 5.41) is 7.65. The molecule has 0 radical (unpaired) electrons. The Morgan fingerprint density at radius 3 is 2.23 bits per heavy atom. The lowest BCUT2D eigenvalue weighted by atomic mass is 9.95.